The summed E-state index contributed by atoms with van der Waals surface area (Å²) in [6, 6.07) is 25.0. The summed E-state index contributed by atoms with van der Waals surface area (Å²) in [6.07, 6.45) is 0.823. The highest BCUT2D eigenvalue weighted by Gasteiger charge is 2.24. The van der Waals surface area contributed by atoms with Crippen molar-refractivity contribution in [2.24, 2.45) is 5.16 Å². The van der Waals surface area contributed by atoms with E-state index in [9.17, 15) is 0 Å². The van der Waals surface area contributed by atoms with E-state index in [0.717, 1.165) is 17.7 Å². The van der Waals surface area contributed by atoms with Crippen molar-refractivity contribution in [2.45, 2.75) is 12.5 Å². The second kappa shape index (κ2) is 5.06. The zero-order chi connectivity index (χ0) is 14.1. The van der Waals surface area contributed by atoms with E-state index in [0.29, 0.717) is 0 Å². The number of hydrogen-bond donors (Lipinski definition) is 0. The van der Waals surface area contributed by atoms with Crippen LogP contribution in [0.4, 0.5) is 0 Å². The van der Waals surface area contributed by atoms with Crippen LogP contribution >= 0.6 is 0 Å². The number of fused-ring (bicyclic) bond motifs is 1. The number of hydrogen-bond acceptors (Lipinski definition) is 2. The minimum atomic E-state index is 0.00584. The van der Waals surface area contributed by atoms with Crippen LogP contribution < -0.4 is 0 Å². The van der Waals surface area contributed by atoms with Gasteiger partial charge in [-0.05, 0) is 16.3 Å². The van der Waals surface area contributed by atoms with Crippen LogP contribution in [0.3, 0.4) is 0 Å². The lowest BCUT2D eigenvalue weighted by Gasteiger charge is -2.11. The lowest BCUT2D eigenvalue weighted by molar-refractivity contribution is 0.0868. The van der Waals surface area contributed by atoms with Crippen molar-refractivity contribution >= 4 is 16.5 Å². The Morgan fingerprint density at radius 2 is 1.57 bits per heavy atom. The van der Waals surface area contributed by atoms with Crippen LogP contribution in [0.1, 0.15) is 23.7 Å². The Kier molecular flexibility index (Phi) is 2.93. The Labute approximate surface area is 123 Å². The standard InChI is InChI=1S/C19H15NO/c1-2-8-15(9-3-1)18-13-19(21-20-18)17-12-6-10-14-7-4-5-11-16(14)17/h1-12,19H,13H2. The van der Waals surface area contributed by atoms with E-state index in [1.807, 2.05) is 18.2 Å². The van der Waals surface area contributed by atoms with Gasteiger partial charge in [0.15, 0.2) is 6.10 Å². The van der Waals surface area contributed by atoms with Crippen LogP contribution in [-0.4, -0.2) is 5.71 Å². The van der Waals surface area contributed by atoms with Gasteiger partial charge in [0.1, 0.15) is 0 Å². The number of rotatable bonds is 2. The average molecular weight is 273 g/mol. The van der Waals surface area contributed by atoms with E-state index in [4.69, 9.17) is 4.84 Å². The second-order valence-electron chi connectivity index (χ2n) is 5.27. The molecule has 2 heteroatoms. The van der Waals surface area contributed by atoms with Gasteiger partial charge in [-0.3, -0.25) is 0 Å². The van der Waals surface area contributed by atoms with E-state index in [1.54, 1.807) is 0 Å². The molecule has 4 rings (SSSR count). The lowest BCUT2D eigenvalue weighted by atomic mass is 9.96. The third kappa shape index (κ3) is 2.19. The zero-order valence-corrected chi connectivity index (χ0v) is 11.6. The van der Waals surface area contributed by atoms with Crippen LogP contribution in [0.2, 0.25) is 0 Å². The van der Waals surface area contributed by atoms with Gasteiger partial charge in [-0.1, -0.05) is 78.0 Å². The van der Waals surface area contributed by atoms with Crippen LogP contribution in [-0.2, 0) is 4.84 Å². The third-order valence-electron chi connectivity index (χ3n) is 3.95. The molecule has 0 spiro atoms. The monoisotopic (exact) mass is 273 g/mol. The first-order valence-corrected chi connectivity index (χ1v) is 7.17. The summed E-state index contributed by atoms with van der Waals surface area (Å²) in [7, 11) is 0. The molecule has 3 aromatic rings. The molecule has 1 unspecified atom stereocenters. The second-order valence-corrected chi connectivity index (χ2v) is 5.27. The van der Waals surface area contributed by atoms with Crippen LogP contribution in [0.25, 0.3) is 10.8 Å². The molecule has 0 aromatic heterocycles. The summed E-state index contributed by atoms with van der Waals surface area (Å²) in [5.74, 6) is 0. The first-order valence-electron chi connectivity index (χ1n) is 7.17. The van der Waals surface area contributed by atoms with Crippen molar-refractivity contribution in [3.8, 4) is 0 Å². The zero-order valence-electron chi connectivity index (χ0n) is 11.6. The quantitative estimate of drug-likeness (QED) is 0.663. The average Bonchev–Trinajstić information content (AvgIpc) is 3.05. The topological polar surface area (TPSA) is 21.6 Å². The van der Waals surface area contributed by atoms with Crippen molar-refractivity contribution in [1.29, 1.82) is 0 Å². The maximum Gasteiger partial charge on any atom is 0.158 e. The summed E-state index contributed by atoms with van der Waals surface area (Å²) >= 11 is 0. The van der Waals surface area contributed by atoms with Crippen molar-refractivity contribution in [3.05, 3.63) is 83.9 Å². The summed E-state index contributed by atoms with van der Waals surface area (Å²) in [6.45, 7) is 0. The van der Waals surface area contributed by atoms with Crippen molar-refractivity contribution in [1.82, 2.24) is 0 Å². The molecule has 1 aliphatic rings. The summed E-state index contributed by atoms with van der Waals surface area (Å²) in [4.78, 5) is 5.70. The first-order chi connectivity index (χ1) is 10.4. The van der Waals surface area contributed by atoms with E-state index in [1.165, 1.54) is 16.3 Å². The highest BCUT2D eigenvalue weighted by molar-refractivity contribution is 6.01. The molecule has 102 valence electrons. The summed E-state index contributed by atoms with van der Waals surface area (Å²) in [5, 5.41) is 6.77. The molecule has 0 radical (unpaired) electrons. The normalized spacial score (nSPS) is 17.5. The minimum Gasteiger partial charge on any atom is -0.387 e. The molecular formula is C19H15NO. The molecule has 0 N–H and O–H groups in total. The summed E-state index contributed by atoms with van der Waals surface area (Å²) in [5.41, 5.74) is 3.37. The van der Waals surface area contributed by atoms with Gasteiger partial charge in [0.05, 0.1) is 5.71 Å². The van der Waals surface area contributed by atoms with E-state index in [-0.39, 0.29) is 6.10 Å². The number of benzene rings is 3. The van der Waals surface area contributed by atoms with E-state index < -0.39 is 0 Å². The predicted octanol–water partition coefficient (Wildman–Crippen LogP) is 4.71. The molecule has 1 heterocycles. The first kappa shape index (κ1) is 12.2. The molecule has 0 saturated carbocycles. The Morgan fingerprint density at radius 3 is 2.48 bits per heavy atom. The highest BCUT2D eigenvalue weighted by Crippen LogP contribution is 2.33. The molecule has 1 aliphatic heterocycles. The van der Waals surface area contributed by atoms with Gasteiger partial charge in [-0.2, -0.15) is 0 Å². The molecule has 0 bridgehead atoms. The molecule has 0 saturated heterocycles. The van der Waals surface area contributed by atoms with Crippen LogP contribution in [0.5, 0.6) is 0 Å². The fourth-order valence-electron chi connectivity index (χ4n) is 2.88. The van der Waals surface area contributed by atoms with E-state index >= 15 is 0 Å². The lowest BCUT2D eigenvalue weighted by Crippen LogP contribution is -2.02. The Bertz CT molecular complexity index is 803. The molecule has 21 heavy (non-hydrogen) atoms. The fourth-order valence-corrected chi connectivity index (χ4v) is 2.88. The third-order valence-corrected chi connectivity index (χ3v) is 3.95. The van der Waals surface area contributed by atoms with Gasteiger partial charge in [0.2, 0.25) is 0 Å². The fraction of sp³-hybridized carbons (Fsp3) is 0.105. The molecule has 0 amide bonds. The molecule has 2 nitrogen and oxygen atoms in total. The van der Waals surface area contributed by atoms with Crippen molar-refractivity contribution < 1.29 is 4.84 Å². The highest BCUT2D eigenvalue weighted by atomic mass is 16.6. The van der Waals surface area contributed by atoms with Gasteiger partial charge in [-0.25, -0.2) is 0 Å². The summed E-state index contributed by atoms with van der Waals surface area (Å²) < 4.78 is 0. The van der Waals surface area contributed by atoms with E-state index in [2.05, 4.69) is 59.8 Å². The Balaban J connectivity index is 1.67. The maximum atomic E-state index is 5.70. The van der Waals surface area contributed by atoms with Gasteiger partial charge < -0.3 is 4.84 Å². The smallest absolute Gasteiger partial charge is 0.158 e. The predicted molar refractivity (Wildman–Crippen MR) is 85.4 cm³/mol. The molecular weight excluding hydrogens is 258 g/mol. The number of nitrogens with zero attached hydrogens (tertiary/aromatic N) is 1. The Hall–Kier alpha value is -2.61. The molecule has 0 aliphatic carbocycles. The van der Waals surface area contributed by atoms with Gasteiger partial charge in [0.25, 0.3) is 0 Å². The van der Waals surface area contributed by atoms with Gasteiger partial charge in [-0.15, -0.1) is 0 Å². The van der Waals surface area contributed by atoms with Gasteiger partial charge in [0, 0.05) is 12.0 Å². The van der Waals surface area contributed by atoms with Crippen LogP contribution in [0.15, 0.2) is 78.0 Å². The van der Waals surface area contributed by atoms with Crippen molar-refractivity contribution in [2.75, 3.05) is 0 Å². The molecule has 3 aromatic carbocycles. The molecule has 1 atom stereocenters. The number of oxime groups is 1. The van der Waals surface area contributed by atoms with Crippen molar-refractivity contribution in [3.63, 3.8) is 0 Å². The molecule has 0 fully saturated rings. The van der Waals surface area contributed by atoms with Crippen LogP contribution in [0, 0.1) is 0 Å². The SMILES string of the molecule is c1ccc(C2=NOC(c3cccc4ccccc34)C2)cc1. The largest absolute Gasteiger partial charge is 0.387 e. The van der Waals surface area contributed by atoms with Gasteiger partial charge >= 0.3 is 0 Å². The Morgan fingerprint density at radius 1 is 0.810 bits per heavy atom. The maximum absolute atomic E-state index is 5.70. The minimum absolute atomic E-state index is 0.00584.